The summed E-state index contributed by atoms with van der Waals surface area (Å²) >= 11 is 0. The lowest BCUT2D eigenvalue weighted by Gasteiger charge is -2.14. The van der Waals surface area contributed by atoms with Crippen LogP contribution in [0.3, 0.4) is 0 Å². The third kappa shape index (κ3) is 4.83. The van der Waals surface area contributed by atoms with Crippen molar-refractivity contribution in [3.63, 3.8) is 0 Å². The molecular weight excluding hydrogens is 398 g/mol. The second-order valence-electron chi connectivity index (χ2n) is 6.87. The lowest BCUT2D eigenvalue weighted by Crippen LogP contribution is -2.33. The highest BCUT2D eigenvalue weighted by molar-refractivity contribution is 7.92. The Balaban J connectivity index is 1.78. The molecule has 2 aromatic rings. The minimum atomic E-state index is -4.04. The average molecular weight is 419 g/mol. The van der Waals surface area contributed by atoms with Gasteiger partial charge in [0.15, 0.2) is 0 Å². The number of hydrogen-bond acceptors (Lipinski definition) is 6. The highest BCUT2D eigenvalue weighted by Crippen LogP contribution is 2.33. The van der Waals surface area contributed by atoms with Gasteiger partial charge in [-0.15, -0.1) is 0 Å². The number of hydrogen-bond donors (Lipinski definition) is 2. The number of nitro groups is 1. The molecule has 1 aliphatic rings. The van der Waals surface area contributed by atoms with E-state index in [0.717, 1.165) is 18.9 Å². The summed E-state index contributed by atoms with van der Waals surface area (Å²) in [4.78, 5) is 22.5. The van der Waals surface area contributed by atoms with Crippen molar-refractivity contribution in [3.8, 4) is 5.75 Å². The van der Waals surface area contributed by atoms with E-state index in [1.807, 2.05) is 6.92 Å². The Kier molecular flexibility index (Phi) is 5.73. The van der Waals surface area contributed by atoms with Crippen LogP contribution >= 0.6 is 0 Å². The molecule has 9 nitrogen and oxygen atoms in total. The number of benzene rings is 2. The van der Waals surface area contributed by atoms with Crippen molar-refractivity contribution < 1.29 is 22.9 Å². The molecule has 1 saturated carbocycles. The van der Waals surface area contributed by atoms with E-state index >= 15 is 0 Å². The van der Waals surface area contributed by atoms with Crippen LogP contribution in [-0.4, -0.2) is 32.4 Å². The summed E-state index contributed by atoms with van der Waals surface area (Å²) in [6.07, 6.45) is 2.21. The number of nitrogens with one attached hydrogen (secondary N) is 2. The summed E-state index contributed by atoms with van der Waals surface area (Å²) in [7, 11) is -2.71. The fraction of sp³-hybridized carbons (Fsp3) is 0.316. The fourth-order valence-electron chi connectivity index (χ4n) is 2.88. The first-order valence-corrected chi connectivity index (χ1v) is 10.5. The number of non-ortho nitro benzene ring substituents is 1. The third-order valence-corrected chi connectivity index (χ3v) is 6.13. The van der Waals surface area contributed by atoms with Crippen molar-refractivity contribution in [2.75, 3.05) is 11.8 Å². The van der Waals surface area contributed by atoms with E-state index in [9.17, 15) is 23.3 Å². The Labute approximate surface area is 168 Å². The molecule has 154 valence electrons. The zero-order valence-corrected chi connectivity index (χ0v) is 16.7. The highest BCUT2D eigenvalue weighted by atomic mass is 32.2. The van der Waals surface area contributed by atoms with E-state index in [0.29, 0.717) is 11.5 Å². The monoisotopic (exact) mass is 419 g/mol. The first-order chi connectivity index (χ1) is 13.7. The van der Waals surface area contributed by atoms with Gasteiger partial charge in [-0.2, -0.15) is 0 Å². The number of sulfonamides is 1. The predicted molar refractivity (Wildman–Crippen MR) is 107 cm³/mol. The average Bonchev–Trinajstić information content (AvgIpc) is 3.53. The van der Waals surface area contributed by atoms with Crippen LogP contribution in [0.5, 0.6) is 5.75 Å². The van der Waals surface area contributed by atoms with Crippen LogP contribution in [0.2, 0.25) is 0 Å². The maximum atomic E-state index is 12.7. The van der Waals surface area contributed by atoms with Crippen LogP contribution < -0.4 is 14.8 Å². The molecule has 0 radical (unpaired) electrons. The molecule has 1 aliphatic carbocycles. The number of rotatable bonds is 8. The summed E-state index contributed by atoms with van der Waals surface area (Å²) in [5, 5.41) is 13.9. The van der Waals surface area contributed by atoms with Crippen molar-refractivity contribution in [2.45, 2.75) is 30.7 Å². The molecule has 0 unspecified atom stereocenters. The smallest absolute Gasteiger partial charge is 0.271 e. The van der Waals surface area contributed by atoms with Crippen molar-refractivity contribution in [2.24, 2.45) is 5.92 Å². The normalized spacial score (nSPS) is 14.7. The SMILES string of the molecule is COc1ccc([N+](=O)[O-])cc1NS(=O)(=O)c1ccc(C(=O)N[C@@H](C)C2CC2)cc1. The minimum absolute atomic E-state index is 0.0539. The maximum Gasteiger partial charge on any atom is 0.271 e. The molecule has 10 heteroatoms. The molecule has 0 heterocycles. The molecule has 1 atom stereocenters. The second kappa shape index (κ2) is 8.08. The van der Waals surface area contributed by atoms with Crippen molar-refractivity contribution in [1.82, 2.24) is 5.32 Å². The molecule has 2 aromatic carbocycles. The van der Waals surface area contributed by atoms with Crippen LogP contribution in [0, 0.1) is 16.0 Å². The molecule has 0 aromatic heterocycles. The molecule has 29 heavy (non-hydrogen) atoms. The molecular formula is C19H21N3O6S. The van der Waals surface area contributed by atoms with E-state index < -0.39 is 14.9 Å². The first kappa shape index (κ1) is 20.6. The molecule has 1 fully saturated rings. The minimum Gasteiger partial charge on any atom is -0.495 e. The summed E-state index contributed by atoms with van der Waals surface area (Å²) in [6, 6.07) is 9.15. The van der Waals surface area contributed by atoms with Gasteiger partial charge in [-0.1, -0.05) is 0 Å². The molecule has 1 amide bonds. The summed E-state index contributed by atoms with van der Waals surface area (Å²) in [5.74, 6) is 0.388. The number of nitrogens with zero attached hydrogens (tertiary/aromatic N) is 1. The summed E-state index contributed by atoms with van der Waals surface area (Å²) in [6.45, 7) is 1.95. The van der Waals surface area contributed by atoms with Gasteiger partial charge in [-0.05, 0) is 56.0 Å². The fourth-order valence-corrected chi connectivity index (χ4v) is 3.94. The van der Waals surface area contributed by atoms with E-state index in [1.54, 1.807) is 0 Å². The summed E-state index contributed by atoms with van der Waals surface area (Å²) in [5.41, 5.74) is 0.0199. The van der Waals surface area contributed by atoms with Gasteiger partial charge < -0.3 is 10.1 Å². The van der Waals surface area contributed by atoms with Crippen molar-refractivity contribution in [3.05, 3.63) is 58.1 Å². The Hall–Kier alpha value is -3.14. The van der Waals surface area contributed by atoms with Crippen LogP contribution in [0.25, 0.3) is 0 Å². The Morgan fingerprint density at radius 2 is 1.86 bits per heavy atom. The molecule has 2 N–H and O–H groups in total. The summed E-state index contributed by atoms with van der Waals surface area (Å²) < 4.78 is 32.7. The van der Waals surface area contributed by atoms with Gasteiger partial charge in [0.2, 0.25) is 0 Å². The number of carbonyl (C=O) groups is 1. The number of methoxy groups -OCH3 is 1. The van der Waals surface area contributed by atoms with E-state index in [2.05, 4.69) is 10.0 Å². The number of amides is 1. The van der Waals surface area contributed by atoms with Crippen molar-refractivity contribution >= 4 is 27.3 Å². The number of nitro benzene ring substituents is 1. The molecule has 0 saturated heterocycles. The third-order valence-electron chi connectivity index (χ3n) is 4.75. The second-order valence-corrected chi connectivity index (χ2v) is 8.55. The molecule has 3 rings (SSSR count). The molecule has 0 bridgehead atoms. The van der Waals surface area contributed by atoms with Gasteiger partial charge in [0.25, 0.3) is 21.6 Å². The van der Waals surface area contributed by atoms with Crippen LogP contribution in [0.15, 0.2) is 47.4 Å². The Morgan fingerprint density at radius 1 is 1.21 bits per heavy atom. The Bertz CT molecular complexity index is 1030. The number of carbonyl (C=O) groups excluding carboxylic acids is 1. The van der Waals surface area contributed by atoms with E-state index in [-0.39, 0.29) is 34.0 Å². The van der Waals surface area contributed by atoms with Gasteiger partial charge in [-0.3, -0.25) is 19.6 Å². The topological polar surface area (TPSA) is 128 Å². The van der Waals surface area contributed by atoms with Gasteiger partial charge in [0.1, 0.15) is 5.75 Å². The predicted octanol–water partition coefficient (Wildman–Crippen LogP) is 2.93. The zero-order chi connectivity index (χ0) is 21.2. The van der Waals surface area contributed by atoms with E-state index in [1.165, 1.54) is 43.5 Å². The van der Waals surface area contributed by atoms with E-state index in [4.69, 9.17) is 4.74 Å². The number of ether oxygens (including phenoxy) is 1. The maximum absolute atomic E-state index is 12.7. The van der Waals surface area contributed by atoms with Crippen LogP contribution in [0.4, 0.5) is 11.4 Å². The van der Waals surface area contributed by atoms with Gasteiger partial charge in [0, 0.05) is 23.7 Å². The van der Waals surface area contributed by atoms with Crippen LogP contribution in [0.1, 0.15) is 30.1 Å². The largest absolute Gasteiger partial charge is 0.495 e. The first-order valence-electron chi connectivity index (χ1n) is 8.97. The Morgan fingerprint density at radius 3 is 2.41 bits per heavy atom. The van der Waals surface area contributed by atoms with Crippen molar-refractivity contribution in [1.29, 1.82) is 0 Å². The lowest BCUT2D eigenvalue weighted by molar-refractivity contribution is -0.384. The number of anilines is 1. The molecule has 0 aliphatic heterocycles. The molecule has 0 spiro atoms. The quantitative estimate of drug-likeness (QED) is 0.500. The van der Waals surface area contributed by atoms with Crippen LogP contribution in [-0.2, 0) is 10.0 Å². The highest BCUT2D eigenvalue weighted by Gasteiger charge is 2.29. The van der Waals surface area contributed by atoms with Gasteiger partial charge in [0.05, 0.1) is 22.6 Å². The standard InChI is InChI=1S/C19H21N3O6S/c1-12(13-3-4-13)20-19(23)14-5-8-16(9-6-14)29(26,27)21-17-11-15(22(24)25)7-10-18(17)28-2/h5-13,21H,3-4H2,1-2H3,(H,20,23)/t12-/m0/s1. The van der Waals surface area contributed by atoms with Gasteiger partial charge in [-0.25, -0.2) is 8.42 Å². The lowest BCUT2D eigenvalue weighted by atomic mass is 10.1. The zero-order valence-electron chi connectivity index (χ0n) is 15.9. The van der Waals surface area contributed by atoms with Gasteiger partial charge >= 0.3 is 0 Å².